The Balaban J connectivity index is 1.12. The zero-order valence-electron chi connectivity index (χ0n) is 33.8. The van der Waals surface area contributed by atoms with Crippen LogP contribution in [-0.2, 0) is 0 Å². The molecule has 4 nitrogen and oxygen atoms in total. The lowest BCUT2D eigenvalue weighted by Crippen LogP contribution is -2.03. The molecular weight excluding hydrogens is 785 g/mol. The Morgan fingerprint density at radius 2 is 0.778 bits per heavy atom. The van der Waals surface area contributed by atoms with E-state index in [2.05, 4.69) is 215 Å². The lowest BCUT2D eigenvalue weighted by Gasteiger charge is -2.13. The summed E-state index contributed by atoms with van der Waals surface area (Å²) in [4.78, 5) is 12.2. The summed E-state index contributed by atoms with van der Waals surface area (Å²) in [7, 11) is 0. The van der Waals surface area contributed by atoms with E-state index in [1.54, 1.807) is 11.3 Å². The average molecular weight is 819 g/mol. The molecule has 10 aromatic carbocycles. The quantitative estimate of drug-likeness (QED) is 0.173. The van der Waals surface area contributed by atoms with E-state index in [1.165, 1.54) is 81.1 Å². The molecule has 0 bridgehead atoms. The predicted molar refractivity (Wildman–Crippen MR) is 266 cm³/mol. The van der Waals surface area contributed by atoms with Crippen LogP contribution in [0.25, 0.3) is 131 Å². The maximum Gasteiger partial charge on any atom is 0.166 e. The van der Waals surface area contributed by atoms with E-state index in [0.29, 0.717) is 0 Å². The summed E-state index contributed by atoms with van der Waals surface area (Å²) in [6, 6.07) is 74.8. The maximum absolute atomic E-state index is 5.67. The Kier molecular flexibility index (Phi) is 7.24. The number of hydrogen-bond donors (Lipinski definition) is 0. The summed E-state index contributed by atoms with van der Waals surface area (Å²) in [5, 5.41) is 11.0. The topological polar surface area (TPSA) is 35.6 Å². The Labute approximate surface area is 365 Å². The lowest BCUT2D eigenvalue weighted by atomic mass is 9.95. The SMILES string of the molecule is c1ccc(-c2ccc(-c3nc4c(nc3-n3c5cccc6c7ccccc7c7cccc8c7c7c(c65)c3ccc7n8-c3ccc(-c5ccccc5)cc3)sc3ccccc34)cc2)cc1. The van der Waals surface area contributed by atoms with Crippen LogP contribution in [0.3, 0.4) is 0 Å². The summed E-state index contributed by atoms with van der Waals surface area (Å²) in [6.45, 7) is 0. The molecule has 14 rings (SSSR count). The van der Waals surface area contributed by atoms with Crippen LogP contribution < -0.4 is 0 Å². The van der Waals surface area contributed by atoms with Gasteiger partial charge in [-0.3, -0.25) is 4.57 Å². The first-order valence-corrected chi connectivity index (χ1v) is 22.2. The molecule has 5 heteroatoms. The fraction of sp³-hybridized carbons (Fsp3) is 0. The molecule has 0 aliphatic carbocycles. The van der Waals surface area contributed by atoms with Crippen molar-refractivity contribution in [1.29, 1.82) is 0 Å². The minimum atomic E-state index is 0.825. The van der Waals surface area contributed by atoms with Crippen molar-refractivity contribution in [2.75, 3.05) is 0 Å². The van der Waals surface area contributed by atoms with Gasteiger partial charge in [0.05, 0.1) is 22.1 Å². The van der Waals surface area contributed by atoms with Gasteiger partial charge in [-0.2, -0.15) is 0 Å². The standard InChI is InChI=1S/C58H34N4S/c1-3-13-35(14-4-1)37-25-27-39(28-26-37)55-57(60-58-56(59-55)45-19-9-10-24-50(45)63-58)62-47-23-12-21-44-42-18-8-7-17-41(42)43-20-11-22-46-51(43)53-48(33-34-49(62)54(53)52(44)47)61(46)40-31-29-38(30-32-40)36-15-5-2-6-16-36/h1-34H. The highest BCUT2D eigenvalue weighted by Gasteiger charge is 2.27. The molecule has 0 aliphatic heterocycles. The molecule has 0 atom stereocenters. The predicted octanol–water partition coefficient (Wildman–Crippen LogP) is 15.8. The Hall–Kier alpha value is -8.12. The van der Waals surface area contributed by atoms with Crippen molar-refractivity contribution in [3.8, 4) is 45.0 Å². The van der Waals surface area contributed by atoms with E-state index >= 15 is 0 Å². The maximum atomic E-state index is 5.67. The molecule has 0 amide bonds. The fourth-order valence-corrected chi connectivity index (χ4v) is 11.4. The molecule has 0 aliphatic rings. The Morgan fingerprint density at radius 3 is 1.40 bits per heavy atom. The van der Waals surface area contributed by atoms with Crippen LogP contribution >= 0.6 is 11.3 Å². The average Bonchev–Trinajstić information content (AvgIpc) is 4.01. The van der Waals surface area contributed by atoms with Crippen LogP contribution in [0, 0.1) is 0 Å². The van der Waals surface area contributed by atoms with Gasteiger partial charge in [-0.25, -0.2) is 9.97 Å². The van der Waals surface area contributed by atoms with Gasteiger partial charge < -0.3 is 4.57 Å². The van der Waals surface area contributed by atoms with Crippen LogP contribution in [0.5, 0.6) is 0 Å². The van der Waals surface area contributed by atoms with Crippen LogP contribution in [0.2, 0.25) is 0 Å². The minimum Gasteiger partial charge on any atom is -0.309 e. The van der Waals surface area contributed by atoms with Crippen molar-refractivity contribution in [2.24, 2.45) is 0 Å². The van der Waals surface area contributed by atoms with Crippen molar-refractivity contribution in [1.82, 2.24) is 19.1 Å². The first-order valence-electron chi connectivity index (χ1n) is 21.4. The van der Waals surface area contributed by atoms with Crippen molar-refractivity contribution in [3.05, 3.63) is 206 Å². The number of aromatic nitrogens is 4. The van der Waals surface area contributed by atoms with E-state index in [0.717, 1.165) is 49.5 Å². The van der Waals surface area contributed by atoms with Gasteiger partial charge in [-0.05, 0) is 86.3 Å². The second-order valence-corrected chi connectivity index (χ2v) is 17.5. The van der Waals surface area contributed by atoms with E-state index in [4.69, 9.17) is 9.97 Å². The third-order valence-electron chi connectivity index (χ3n) is 13.1. The zero-order chi connectivity index (χ0) is 41.2. The second-order valence-electron chi connectivity index (χ2n) is 16.5. The van der Waals surface area contributed by atoms with E-state index in [9.17, 15) is 0 Å². The minimum absolute atomic E-state index is 0.825. The normalized spacial score (nSPS) is 12.1. The number of benzene rings is 9. The monoisotopic (exact) mass is 818 g/mol. The molecule has 0 fully saturated rings. The van der Waals surface area contributed by atoms with E-state index in [1.807, 2.05) is 0 Å². The molecule has 0 saturated carbocycles. The summed E-state index contributed by atoms with van der Waals surface area (Å²) in [5.41, 5.74) is 13.3. The van der Waals surface area contributed by atoms with Gasteiger partial charge in [0.1, 0.15) is 16.0 Å². The molecule has 0 saturated heterocycles. The third-order valence-corrected chi connectivity index (χ3v) is 14.2. The molecule has 0 spiro atoms. The fourth-order valence-electron chi connectivity index (χ4n) is 10.4. The summed E-state index contributed by atoms with van der Waals surface area (Å²) in [6.07, 6.45) is 0. The number of hydrogen-bond acceptors (Lipinski definition) is 3. The molecule has 4 aromatic heterocycles. The van der Waals surface area contributed by atoms with Gasteiger partial charge in [-0.1, -0.05) is 164 Å². The molecule has 0 radical (unpaired) electrons. The molecule has 0 unspecified atom stereocenters. The first-order chi connectivity index (χ1) is 31.3. The smallest absolute Gasteiger partial charge is 0.166 e. The van der Waals surface area contributed by atoms with Crippen molar-refractivity contribution in [3.63, 3.8) is 0 Å². The lowest BCUT2D eigenvalue weighted by molar-refractivity contribution is 1.09. The number of nitrogens with zero attached hydrogens (tertiary/aromatic N) is 4. The highest BCUT2D eigenvalue weighted by atomic mass is 32.1. The molecule has 292 valence electrons. The van der Waals surface area contributed by atoms with Crippen LogP contribution in [-0.4, -0.2) is 19.1 Å². The number of fused-ring (bicyclic) bond motifs is 6. The number of thiophene rings is 1. The van der Waals surface area contributed by atoms with Crippen LogP contribution in [0.4, 0.5) is 0 Å². The molecule has 0 N–H and O–H groups in total. The summed E-state index contributed by atoms with van der Waals surface area (Å²) in [5.74, 6) is 0.825. The van der Waals surface area contributed by atoms with Gasteiger partial charge in [-0.15, -0.1) is 11.3 Å². The summed E-state index contributed by atoms with van der Waals surface area (Å²) >= 11 is 1.71. The van der Waals surface area contributed by atoms with E-state index < -0.39 is 0 Å². The van der Waals surface area contributed by atoms with Crippen molar-refractivity contribution >= 4 is 96.9 Å². The van der Waals surface area contributed by atoms with Gasteiger partial charge >= 0.3 is 0 Å². The first kappa shape index (κ1) is 34.6. The van der Waals surface area contributed by atoms with Gasteiger partial charge in [0.2, 0.25) is 0 Å². The largest absolute Gasteiger partial charge is 0.309 e. The van der Waals surface area contributed by atoms with Gasteiger partial charge in [0.15, 0.2) is 5.82 Å². The van der Waals surface area contributed by atoms with E-state index in [-0.39, 0.29) is 0 Å². The second kappa shape index (κ2) is 13.2. The van der Waals surface area contributed by atoms with Crippen molar-refractivity contribution < 1.29 is 0 Å². The summed E-state index contributed by atoms with van der Waals surface area (Å²) < 4.78 is 6.05. The third kappa shape index (κ3) is 4.97. The molecule has 14 aromatic rings. The Bertz CT molecular complexity index is 4100. The highest BCUT2D eigenvalue weighted by molar-refractivity contribution is 7.25. The Morgan fingerprint density at radius 1 is 0.317 bits per heavy atom. The van der Waals surface area contributed by atoms with Crippen LogP contribution in [0.15, 0.2) is 206 Å². The van der Waals surface area contributed by atoms with Crippen LogP contribution in [0.1, 0.15) is 0 Å². The van der Waals surface area contributed by atoms with Crippen molar-refractivity contribution in [2.45, 2.75) is 0 Å². The highest BCUT2D eigenvalue weighted by Crippen LogP contribution is 2.48. The van der Waals surface area contributed by atoms with Gasteiger partial charge in [0.25, 0.3) is 0 Å². The molecule has 4 heterocycles. The molecule has 63 heavy (non-hydrogen) atoms. The number of rotatable bonds is 5. The zero-order valence-corrected chi connectivity index (χ0v) is 34.6. The van der Waals surface area contributed by atoms with Gasteiger partial charge in [0, 0.05) is 42.9 Å². The molecular formula is C58H34N4S.